The summed E-state index contributed by atoms with van der Waals surface area (Å²) in [5.41, 5.74) is 2.62. The van der Waals surface area contributed by atoms with Crippen LogP contribution in [0.15, 0.2) is 24.4 Å². The van der Waals surface area contributed by atoms with Gasteiger partial charge in [-0.3, -0.25) is 0 Å². The molecule has 2 N–H and O–H groups in total. The number of likely N-dealkylation sites (tertiary alicyclic amines) is 1. The normalized spacial score (nSPS) is 21.1. The molecule has 0 bridgehead atoms. The fourth-order valence-electron chi connectivity index (χ4n) is 5.14. The van der Waals surface area contributed by atoms with Crippen LogP contribution in [-0.2, 0) is 0 Å². The maximum absolute atomic E-state index is 10.2. The molecular formula is C26H38ClN5O. The molecule has 0 radical (unpaired) electrons. The summed E-state index contributed by atoms with van der Waals surface area (Å²) >= 11 is 6.48. The summed E-state index contributed by atoms with van der Waals surface area (Å²) in [7, 11) is 0. The second-order valence-electron chi connectivity index (χ2n) is 10.7. The number of nitrogens with zero attached hydrogens (tertiary/aromatic N) is 4. The second kappa shape index (κ2) is 9.77. The molecule has 2 aliphatic rings. The summed E-state index contributed by atoms with van der Waals surface area (Å²) in [5, 5.41) is 14.5. The van der Waals surface area contributed by atoms with Crippen LogP contribution in [0.4, 0.5) is 11.8 Å². The molecule has 0 saturated carbocycles. The van der Waals surface area contributed by atoms with Crippen LogP contribution in [0.1, 0.15) is 56.3 Å². The molecule has 4 rings (SSSR count). The van der Waals surface area contributed by atoms with Crippen molar-refractivity contribution in [2.75, 3.05) is 42.9 Å². The number of benzene rings is 1. The number of rotatable bonds is 7. The van der Waals surface area contributed by atoms with E-state index in [1.807, 2.05) is 40.0 Å². The van der Waals surface area contributed by atoms with E-state index in [9.17, 15) is 5.11 Å². The highest BCUT2D eigenvalue weighted by Gasteiger charge is 2.37. The molecule has 2 unspecified atom stereocenters. The third-order valence-electron chi connectivity index (χ3n) is 6.95. The zero-order valence-electron chi connectivity index (χ0n) is 20.6. The molecule has 180 valence electrons. The van der Waals surface area contributed by atoms with Gasteiger partial charge in [0.25, 0.3) is 0 Å². The second-order valence-corrected chi connectivity index (χ2v) is 11.1. The Kier molecular flexibility index (Phi) is 7.18. The van der Waals surface area contributed by atoms with Crippen molar-refractivity contribution < 1.29 is 5.11 Å². The predicted octanol–water partition coefficient (Wildman–Crippen LogP) is 4.84. The van der Waals surface area contributed by atoms with Crippen LogP contribution < -0.4 is 10.2 Å². The van der Waals surface area contributed by atoms with Crippen molar-refractivity contribution in [1.29, 1.82) is 0 Å². The maximum Gasteiger partial charge on any atom is 0.227 e. The van der Waals surface area contributed by atoms with Gasteiger partial charge in [-0.1, -0.05) is 23.7 Å². The van der Waals surface area contributed by atoms with Crippen LogP contribution in [0.5, 0.6) is 0 Å². The van der Waals surface area contributed by atoms with Gasteiger partial charge in [0.2, 0.25) is 5.95 Å². The number of anilines is 2. The number of piperidine rings is 1. The van der Waals surface area contributed by atoms with E-state index in [-0.39, 0.29) is 6.04 Å². The number of aryl methyl sites for hydroxylation is 2. The van der Waals surface area contributed by atoms with Gasteiger partial charge in [0.05, 0.1) is 11.6 Å². The number of aromatic nitrogens is 2. The molecule has 2 atom stereocenters. The number of β-amino-alcohol motifs (C(OH)–C–C–N with tert-alkyl or cyclic N) is 1. The predicted molar refractivity (Wildman–Crippen MR) is 136 cm³/mol. The molecule has 0 amide bonds. The molecule has 3 heterocycles. The molecule has 6 nitrogen and oxygen atoms in total. The standard InChI is InChI=1S/C26H38ClN5O/c1-17-8-9-22(23(27)11-17)19(3)29-24-18(2)12-28-25(30-24)32-14-21(15-32)20-7-6-10-31(13-20)16-26(4,5)33/h8-9,11-12,19-21,33H,6-7,10,13-16H2,1-5H3,(H,28,29,30). The van der Waals surface area contributed by atoms with Gasteiger partial charge in [0, 0.05) is 43.0 Å². The van der Waals surface area contributed by atoms with Gasteiger partial charge < -0.3 is 20.2 Å². The Morgan fingerprint density at radius 1 is 1.21 bits per heavy atom. The third kappa shape index (κ3) is 5.97. The number of hydrogen-bond donors (Lipinski definition) is 2. The Bertz CT molecular complexity index is 970. The molecule has 7 heteroatoms. The Hall–Kier alpha value is -1.89. The highest BCUT2D eigenvalue weighted by Crippen LogP contribution is 2.34. The molecule has 1 aromatic carbocycles. The Labute approximate surface area is 203 Å². The topological polar surface area (TPSA) is 64.5 Å². The van der Waals surface area contributed by atoms with E-state index in [1.54, 1.807) is 0 Å². The first-order valence-electron chi connectivity index (χ1n) is 12.1. The zero-order valence-corrected chi connectivity index (χ0v) is 21.4. The number of aliphatic hydroxyl groups is 1. The highest BCUT2D eigenvalue weighted by atomic mass is 35.5. The fraction of sp³-hybridized carbons (Fsp3) is 0.615. The van der Waals surface area contributed by atoms with Gasteiger partial charge in [-0.2, -0.15) is 4.98 Å². The molecule has 0 aliphatic carbocycles. The maximum atomic E-state index is 10.2. The first-order valence-corrected chi connectivity index (χ1v) is 12.5. The van der Waals surface area contributed by atoms with Crippen molar-refractivity contribution in [3.63, 3.8) is 0 Å². The number of halogens is 1. The van der Waals surface area contributed by atoms with E-state index >= 15 is 0 Å². The minimum atomic E-state index is -0.632. The summed E-state index contributed by atoms with van der Waals surface area (Å²) in [5.74, 6) is 3.01. The van der Waals surface area contributed by atoms with Crippen molar-refractivity contribution in [2.24, 2.45) is 11.8 Å². The fourth-order valence-corrected chi connectivity index (χ4v) is 5.54. The minimum Gasteiger partial charge on any atom is -0.389 e. The minimum absolute atomic E-state index is 0.0488. The lowest BCUT2D eigenvalue weighted by Gasteiger charge is -2.47. The average molecular weight is 472 g/mol. The average Bonchev–Trinajstić information content (AvgIpc) is 2.68. The van der Waals surface area contributed by atoms with E-state index in [0.29, 0.717) is 11.8 Å². The van der Waals surface area contributed by atoms with Gasteiger partial charge in [-0.25, -0.2) is 4.98 Å². The van der Waals surface area contributed by atoms with Crippen molar-refractivity contribution in [3.05, 3.63) is 46.1 Å². The molecule has 2 aromatic rings. The summed E-state index contributed by atoms with van der Waals surface area (Å²) in [4.78, 5) is 14.2. The van der Waals surface area contributed by atoms with E-state index in [4.69, 9.17) is 16.6 Å². The first-order chi connectivity index (χ1) is 15.6. The van der Waals surface area contributed by atoms with E-state index in [2.05, 4.69) is 39.2 Å². The summed E-state index contributed by atoms with van der Waals surface area (Å²) < 4.78 is 0. The smallest absolute Gasteiger partial charge is 0.227 e. The molecule has 2 aliphatic heterocycles. The van der Waals surface area contributed by atoms with E-state index in [1.165, 1.54) is 12.8 Å². The van der Waals surface area contributed by atoms with Crippen molar-refractivity contribution in [2.45, 2.75) is 59.1 Å². The van der Waals surface area contributed by atoms with Crippen molar-refractivity contribution >= 4 is 23.4 Å². The third-order valence-corrected chi connectivity index (χ3v) is 7.27. The monoisotopic (exact) mass is 471 g/mol. The molecule has 33 heavy (non-hydrogen) atoms. The van der Waals surface area contributed by atoms with Gasteiger partial charge in [0.1, 0.15) is 5.82 Å². The summed E-state index contributed by atoms with van der Waals surface area (Å²) in [6.45, 7) is 14.9. The first kappa shape index (κ1) is 24.2. The van der Waals surface area contributed by atoms with Gasteiger partial charge >= 0.3 is 0 Å². The lowest BCUT2D eigenvalue weighted by atomic mass is 9.80. The van der Waals surface area contributed by atoms with E-state index in [0.717, 1.165) is 66.2 Å². The summed E-state index contributed by atoms with van der Waals surface area (Å²) in [6.07, 6.45) is 4.40. The zero-order chi connectivity index (χ0) is 23.8. The van der Waals surface area contributed by atoms with Crippen LogP contribution in [-0.4, -0.2) is 58.3 Å². The Morgan fingerprint density at radius 2 is 1.97 bits per heavy atom. The SMILES string of the molecule is Cc1ccc(C(C)Nc2nc(N3CC(C4CCCN(CC(C)(C)O)C4)C3)ncc2C)c(Cl)c1. The van der Waals surface area contributed by atoms with Crippen LogP contribution in [0.25, 0.3) is 0 Å². The van der Waals surface area contributed by atoms with Crippen LogP contribution in [0.2, 0.25) is 5.02 Å². The largest absolute Gasteiger partial charge is 0.389 e. The highest BCUT2D eigenvalue weighted by molar-refractivity contribution is 6.31. The van der Waals surface area contributed by atoms with Crippen LogP contribution in [0, 0.1) is 25.7 Å². The summed E-state index contributed by atoms with van der Waals surface area (Å²) in [6, 6.07) is 6.22. The number of nitrogens with one attached hydrogen (secondary N) is 1. The molecule has 2 saturated heterocycles. The lowest BCUT2D eigenvalue weighted by molar-refractivity contribution is 0.0132. The molecule has 1 aromatic heterocycles. The molecule has 0 spiro atoms. The Balaban J connectivity index is 1.37. The van der Waals surface area contributed by atoms with E-state index < -0.39 is 5.60 Å². The quantitative estimate of drug-likeness (QED) is 0.602. The van der Waals surface area contributed by atoms with Crippen molar-refractivity contribution in [3.8, 4) is 0 Å². The number of hydrogen-bond acceptors (Lipinski definition) is 6. The van der Waals surface area contributed by atoms with Crippen molar-refractivity contribution in [1.82, 2.24) is 14.9 Å². The van der Waals surface area contributed by atoms with Gasteiger partial charge in [-0.05, 0) is 83.0 Å². The van der Waals surface area contributed by atoms with Gasteiger partial charge in [0.15, 0.2) is 0 Å². The molecular weight excluding hydrogens is 434 g/mol. The lowest BCUT2D eigenvalue weighted by Crippen LogP contribution is -2.55. The molecule has 2 fully saturated rings. The van der Waals surface area contributed by atoms with Crippen LogP contribution >= 0.6 is 11.6 Å². The van der Waals surface area contributed by atoms with Gasteiger partial charge in [-0.15, -0.1) is 0 Å². The Morgan fingerprint density at radius 3 is 2.67 bits per heavy atom. The van der Waals surface area contributed by atoms with Crippen LogP contribution in [0.3, 0.4) is 0 Å².